The molecule has 0 heterocycles. The largest absolute Gasteiger partial charge is 0.459 e. The first-order chi connectivity index (χ1) is 8.88. The molecule has 0 aromatic carbocycles. The molecule has 0 spiro atoms. The molecule has 1 nitrogen and oxygen atoms in total. The molecule has 0 radical (unpaired) electrons. The fraction of sp³-hybridized carbons (Fsp3) is 0.900. The number of carbonyl (C=O) groups is 1. The number of carbonyl (C=O) groups excluding carboxylic acids is 1. The van der Waals surface area contributed by atoms with Gasteiger partial charge in [-0.2, -0.15) is 30.7 Å². The van der Waals surface area contributed by atoms with Crippen LogP contribution in [-0.2, 0) is 4.79 Å². The Morgan fingerprint density at radius 2 is 1.60 bits per heavy atom. The molecule has 1 atom stereocenters. The van der Waals surface area contributed by atoms with Gasteiger partial charge in [-0.15, -0.1) is 0 Å². The van der Waals surface area contributed by atoms with Gasteiger partial charge in [-0.25, -0.2) is 4.39 Å². The molecule has 10 heteroatoms. The number of thioether (sulfide) groups is 1. The van der Waals surface area contributed by atoms with Crippen molar-refractivity contribution in [2.75, 3.05) is 5.75 Å². The molecule has 0 aliphatic heterocycles. The van der Waals surface area contributed by atoms with Crippen molar-refractivity contribution in [1.29, 1.82) is 0 Å². The SMILES string of the molecule is CCC(=O)SCCCC(F)C(F)(F)C(F)(F)C(F)(F)F. The maximum atomic E-state index is 13.0. The van der Waals surface area contributed by atoms with E-state index >= 15 is 0 Å². The minimum atomic E-state index is -6.53. The van der Waals surface area contributed by atoms with Crippen LogP contribution in [0.4, 0.5) is 35.1 Å². The lowest BCUT2D eigenvalue weighted by molar-refractivity contribution is -0.366. The molecular weight excluding hydrogens is 320 g/mol. The van der Waals surface area contributed by atoms with Gasteiger partial charge < -0.3 is 0 Å². The summed E-state index contributed by atoms with van der Waals surface area (Å²) in [5.74, 6) is -12.4. The first-order valence-electron chi connectivity index (χ1n) is 5.50. The predicted molar refractivity (Wildman–Crippen MR) is 57.8 cm³/mol. The van der Waals surface area contributed by atoms with Gasteiger partial charge >= 0.3 is 18.0 Å². The van der Waals surface area contributed by atoms with Crippen LogP contribution in [0.3, 0.4) is 0 Å². The lowest BCUT2D eigenvalue weighted by Gasteiger charge is -2.30. The summed E-state index contributed by atoms with van der Waals surface area (Å²) >= 11 is 0.682. The molecule has 1 unspecified atom stereocenters. The van der Waals surface area contributed by atoms with Crippen LogP contribution in [0.1, 0.15) is 26.2 Å². The van der Waals surface area contributed by atoms with Gasteiger partial charge in [0.1, 0.15) is 0 Å². The molecule has 0 fully saturated rings. The Labute approximate surface area is 114 Å². The van der Waals surface area contributed by atoms with Gasteiger partial charge in [0.05, 0.1) is 0 Å². The molecule has 0 aromatic rings. The van der Waals surface area contributed by atoms with E-state index in [1.807, 2.05) is 0 Å². The Morgan fingerprint density at radius 3 is 2.00 bits per heavy atom. The third kappa shape index (κ3) is 4.49. The second kappa shape index (κ2) is 6.95. The lowest BCUT2D eigenvalue weighted by Crippen LogP contribution is -2.56. The quantitative estimate of drug-likeness (QED) is 0.500. The molecule has 0 aliphatic carbocycles. The second-order valence-electron chi connectivity index (χ2n) is 3.88. The van der Waals surface area contributed by atoms with Crippen LogP contribution < -0.4 is 0 Å². The fourth-order valence-corrected chi connectivity index (χ4v) is 1.86. The zero-order valence-corrected chi connectivity index (χ0v) is 11.1. The van der Waals surface area contributed by atoms with Gasteiger partial charge in [0.15, 0.2) is 11.3 Å². The summed E-state index contributed by atoms with van der Waals surface area (Å²) in [6, 6.07) is 0. The first kappa shape index (κ1) is 19.5. The first-order valence-corrected chi connectivity index (χ1v) is 6.48. The van der Waals surface area contributed by atoms with E-state index in [4.69, 9.17) is 0 Å². The van der Waals surface area contributed by atoms with Crippen LogP contribution in [0.2, 0.25) is 0 Å². The minimum absolute atomic E-state index is 0.124. The number of halogens is 8. The van der Waals surface area contributed by atoms with E-state index in [2.05, 4.69) is 0 Å². The van der Waals surface area contributed by atoms with Crippen LogP contribution in [0.5, 0.6) is 0 Å². The molecule has 0 N–H and O–H groups in total. The molecule has 0 rings (SSSR count). The highest BCUT2D eigenvalue weighted by Gasteiger charge is 2.75. The van der Waals surface area contributed by atoms with Crippen molar-refractivity contribution in [3.8, 4) is 0 Å². The molecule has 0 aliphatic rings. The smallest absolute Gasteiger partial charge is 0.287 e. The Morgan fingerprint density at radius 1 is 1.10 bits per heavy atom. The number of rotatable bonds is 7. The van der Waals surface area contributed by atoms with Gasteiger partial charge in [0, 0.05) is 12.2 Å². The highest BCUT2D eigenvalue weighted by Crippen LogP contribution is 2.49. The summed E-state index contributed by atoms with van der Waals surface area (Å²) in [4.78, 5) is 10.8. The third-order valence-electron chi connectivity index (χ3n) is 2.32. The van der Waals surface area contributed by atoms with Gasteiger partial charge in [0.2, 0.25) is 0 Å². The Balaban J connectivity index is 4.52. The highest BCUT2D eigenvalue weighted by atomic mass is 32.2. The molecular formula is C10H12F8OS. The van der Waals surface area contributed by atoms with E-state index < -0.39 is 37.0 Å². The summed E-state index contributed by atoms with van der Waals surface area (Å²) in [6.07, 6.45) is -11.6. The van der Waals surface area contributed by atoms with Gasteiger partial charge in [-0.05, 0) is 12.8 Å². The summed E-state index contributed by atoms with van der Waals surface area (Å²) in [5, 5.41) is -0.312. The van der Waals surface area contributed by atoms with Crippen molar-refractivity contribution in [1.82, 2.24) is 0 Å². The second-order valence-corrected chi connectivity index (χ2v) is 5.03. The van der Waals surface area contributed by atoms with Crippen molar-refractivity contribution in [2.24, 2.45) is 0 Å². The number of alkyl halides is 8. The number of hydrogen-bond donors (Lipinski definition) is 0. The van der Waals surface area contributed by atoms with Crippen LogP contribution in [0.25, 0.3) is 0 Å². The molecule has 0 bridgehead atoms. The predicted octanol–water partition coefficient (Wildman–Crippen LogP) is 4.61. The maximum absolute atomic E-state index is 13.0. The van der Waals surface area contributed by atoms with Crippen molar-refractivity contribution < 1.29 is 39.9 Å². The molecule has 0 saturated carbocycles. The summed E-state index contributed by atoms with van der Waals surface area (Å²) in [6.45, 7) is 1.52. The van der Waals surface area contributed by atoms with E-state index in [9.17, 15) is 39.9 Å². The highest BCUT2D eigenvalue weighted by molar-refractivity contribution is 8.13. The van der Waals surface area contributed by atoms with E-state index in [1.165, 1.54) is 6.92 Å². The van der Waals surface area contributed by atoms with Crippen molar-refractivity contribution in [3.05, 3.63) is 0 Å². The van der Waals surface area contributed by atoms with Crippen molar-refractivity contribution in [3.63, 3.8) is 0 Å². The van der Waals surface area contributed by atoms with Crippen molar-refractivity contribution >= 4 is 16.9 Å². The standard InChI is InChI=1S/C10H12F8OS/c1-2-7(19)20-5-3-4-6(11)8(12,13)9(14,15)10(16,17)18/h6H,2-5H2,1H3. The van der Waals surface area contributed by atoms with E-state index in [1.54, 1.807) is 0 Å². The van der Waals surface area contributed by atoms with Crippen LogP contribution in [-0.4, -0.2) is 35.1 Å². The normalized spacial score (nSPS) is 15.2. The Hall–Kier alpha value is -0.540. The fourth-order valence-electron chi connectivity index (χ4n) is 1.12. The molecule has 0 aromatic heterocycles. The Kier molecular flexibility index (Phi) is 6.76. The zero-order chi connectivity index (χ0) is 16.2. The topological polar surface area (TPSA) is 17.1 Å². The maximum Gasteiger partial charge on any atom is 0.459 e. The molecule has 0 saturated heterocycles. The molecule has 120 valence electrons. The van der Waals surface area contributed by atoms with E-state index in [-0.39, 0.29) is 17.3 Å². The average Bonchev–Trinajstić information content (AvgIpc) is 2.32. The van der Waals surface area contributed by atoms with Gasteiger partial charge in [0.25, 0.3) is 0 Å². The lowest BCUT2D eigenvalue weighted by atomic mass is 10.0. The molecule has 0 amide bonds. The monoisotopic (exact) mass is 332 g/mol. The van der Waals surface area contributed by atoms with E-state index in [0.29, 0.717) is 11.8 Å². The summed E-state index contributed by atoms with van der Waals surface area (Å²) in [7, 11) is 0. The summed E-state index contributed by atoms with van der Waals surface area (Å²) < 4.78 is 98.9. The third-order valence-corrected chi connectivity index (χ3v) is 3.43. The van der Waals surface area contributed by atoms with Crippen LogP contribution in [0.15, 0.2) is 0 Å². The Bertz CT molecular complexity index is 328. The molecule has 20 heavy (non-hydrogen) atoms. The summed E-state index contributed by atoms with van der Waals surface area (Å²) in [5.41, 5.74) is 0. The van der Waals surface area contributed by atoms with Gasteiger partial charge in [-0.3, -0.25) is 4.79 Å². The average molecular weight is 332 g/mol. The van der Waals surface area contributed by atoms with Crippen LogP contribution in [0, 0.1) is 0 Å². The minimum Gasteiger partial charge on any atom is -0.287 e. The van der Waals surface area contributed by atoms with Gasteiger partial charge in [-0.1, -0.05) is 18.7 Å². The van der Waals surface area contributed by atoms with E-state index in [0.717, 1.165) is 0 Å². The van der Waals surface area contributed by atoms with Crippen LogP contribution >= 0.6 is 11.8 Å². The van der Waals surface area contributed by atoms with Crippen molar-refractivity contribution in [2.45, 2.75) is 50.4 Å². The number of hydrogen-bond acceptors (Lipinski definition) is 2. The zero-order valence-electron chi connectivity index (χ0n) is 10.2.